The minimum atomic E-state index is -0.409. The minimum absolute atomic E-state index is 0.194. The largest absolute Gasteiger partial charge is 0.483 e. The SMILES string of the molecule is CC(=O)c1cc(Cl)ccc1OCC(=O)Nc1cc(C)on1. The molecule has 0 aliphatic carbocycles. The number of aromatic nitrogens is 1. The summed E-state index contributed by atoms with van der Waals surface area (Å²) in [6.45, 7) is 2.86. The van der Waals surface area contributed by atoms with E-state index < -0.39 is 5.91 Å². The highest BCUT2D eigenvalue weighted by Gasteiger charge is 2.12. The van der Waals surface area contributed by atoms with Crippen molar-refractivity contribution in [2.24, 2.45) is 0 Å². The molecule has 0 unspecified atom stereocenters. The van der Waals surface area contributed by atoms with Gasteiger partial charge in [-0.1, -0.05) is 16.8 Å². The van der Waals surface area contributed by atoms with Gasteiger partial charge in [-0.05, 0) is 32.0 Å². The Morgan fingerprint density at radius 1 is 1.38 bits per heavy atom. The number of amides is 1. The molecule has 1 aromatic carbocycles. The van der Waals surface area contributed by atoms with Crippen LogP contribution < -0.4 is 10.1 Å². The van der Waals surface area contributed by atoms with Gasteiger partial charge in [0.1, 0.15) is 11.5 Å². The Balaban J connectivity index is 1.99. The molecule has 0 aliphatic rings. The van der Waals surface area contributed by atoms with Gasteiger partial charge < -0.3 is 14.6 Å². The van der Waals surface area contributed by atoms with Gasteiger partial charge in [0.25, 0.3) is 5.91 Å². The van der Waals surface area contributed by atoms with E-state index in [9.17, 15) is 9.59 Å². The maximum atomic E-state index is 11.7. The topological polar surface area (TPSA) is 81.4 Å². The third kappa shape index (κ3) is 4.06. The Morgan fingerprint density at radius 3 is 2.76 bits per heavy atom. The highest BCUT2D eigenvalue weighted by Crippen LogP contribution is 2.23. The zero-order chi connectivity index (χ0) is 15.4. The molecule has 1 heterocycles. The number of aryl methyl sites for hydroxylation is 1. The van der Waals surface area contributed by atoms with E-state index in [0.29, 0.717) is 27.9 Å². The quantitative estimate of drug-likeness (QED) is 0.859. The van der Waals surface area contributed by atoms with Crippen LogP contribution in [0.25, 0.3) is 0 Å². The molecule has 21 heavy (non-hydrogen) atoms. The molecule has 2 rings (SSSR count). The van der Waals surface area contributed by atoms with Gasteiger partial charge in [0, 0.05) is 11.1 Å². The van der Waals surface area contributed by atoms with E-state index >= 15 is 0 Å². The number of benzene rings is 1. The lowest BCUT2D eigenvalue weighted by Gasteiger charge is -2.09. The van der Waals surface area contributed by atoms with E-state index in [1.807, 2.05) is 0 Å². The summed E-state index contributed by atoms with van der Waals surface area (Å²) in [6, 6.07) is 6.22. The highest BCUT2D eigenvalue weighted by atomic mass is 35.5. The Bertz CT molecular complexity index is 681. The van der Waals surface area contributed by atoms with Crippen molar-refractivity contribution < 1.29 is 18.8 Å². The molecule has 0 spiro atoms. The minimum Gasteiger partial charge on any atom is -0.483 e. The van der Waals surface area contributed by atoms with Gasteiger partial charge in [-0.2, -0.15) is 0 Å². The number of anilines is 1. The number of Topliss-reactive ketones (excluding diaryl/α,β-unsaturated/α-hetero) is 1. The summed E-state index contributed by atoms with van der Waals surface area (Å²) in [7, 11) is 0. The summed E-state index contributed by atoms with van der Waals surface area (Å²) in [5.74, 6) is 0.595. The number of carbonyl (C=O) groups excluding carboxylic acids is 2. The standard InChI is InChI=1S/C14H13ClN2O4/c1-8-5-13(17-21-8)16-14(19)7-20-12-4-3-10(15)6-11(12)9(2)18/h3-6H,7H2,1-2H3,(H,16,17,19). The highest BCUT2D eigenvalue weighted by molar-refractivity contribution is 6.31. The van der Waals surface area contributed by atoms with E-state index in [0.717, 1.165) is 0 Å². The number of nitrogens with one attached hydrogen (secondary N) is 1. The van der Waals surface area contributed by atoms with Crippen LogP contribution in [-0.4, -0.2) is 23.5 Å². The van der Waals surface area contributed by atoms with Crippen molar-refractivity contribution in [3.05, 3.63) is 40.6 Å². The molecule has 1 N–H and O–H groups in total. The van der Waals surface area contributed by atoms with Gasteiger partial charge in [-0.3, -0.25) is 9.59 Å². The first-order valence-electron chi connectivity index (χ1n) is 6.12. The van der Waals surface area contributed by atoms with Crippen molar-refractivity contribution in [1.82, 2.24) is 5.16 Å². The van der Waals surface area contributed by atoms with Gasteiger partial charge >= 0.3 is 0 Å². The van der Waals surface area contributed by atoms with Crippen molar-refractivity contribution >= 4 is 29.1 Å². The molecule has 2 aromatic rings. The lowest BCUT2D eigenvalue weighted by Crippen LogP contribution is -2.20. The number of nitrogens with zero attached hydrogens (tertiary/aromatic N) is 1. The Labute approximate surface area is 126 Å². The van der Waals surface area contributed by atoms with E-state index in [1.165, 1.54) is 13.0 Å². The Morgan fingerprint density at radius 2 is 2.14 bits per heavy atom. The molecule has 7 heteroatoms. The maximum Gasteiger partial charge on any atom is 0.263 e. The van der Waals surface area contributed by atoms with E-state index in [-0.39, 0.29) is 12.4 Å². The van der Waals surface area contributed by atoms with Crippen LogP contribution in [0.5, 0.6) is 5.75 Å². The fraction of sp³-hybridized carbons (Fsp3) is 0.214. The molecule has 0 saturated carbocycles. The molecule has 0 radical (unpaired) electrons. The Kier molecular flexibility index (Phi) is 4.59. The number of rotatable bonds is 5. The summed E-state index contributed by atoms with van der Waals surface area (Å²) in [5, 5.41) is 6.57. The predicted octanol–water partition coefficient (Wildman–Crippen LogP) is 2.86. The number of ether oxygens (including phenoxy) is 1. The van der Waals surface area contributed by atoms with Crippen molar-refractivity contribution in [3.63, 3.8) is 0 Å². The first-order chi connectivity index (χ1) is 9.95. The summed E-state index contributed by atoms with van der Waals surface area (Å²) in [5.41, 5.74) is 0.326. The number of hydrogen-bond donors (Lipinski definition) is 1. The zero-order valence-electron chi connectivity index (χ0n) is 11.5. The van der Waals surface area contributed by atoms with Gasteiger partial charge in [0.2, 0.25) is 0 Å². The fourth-order valence-electron chi connectivity index (χ4n) is 1.65. The lowest BCUT2D eigenvalue weighted by atomic mass is 10.1. The van der Waals surface area contributed by atoms with Crippen molar-refractivity contribution in [1.29, 1.82) is 0 Å². The molecule has 1 aromatic heterocycles. The second kappa shape index (κ2) is 6.41. The molecule has 110 valence electrons. The third-order valence-corrected chi connectivity index (χ3v) is 2.81. The normalized spacial score (nSPS) is 10.2. The van der Waals surface area contributed by atoms with Crippen molar-refractivity contribution in [2.45, 2.75) is 13.8 Å². The molecule has 6 nitrogen and oxygen atoms in total. The molecule has 0 atom stereocenters. The fourth-order valence-corrected chi connectivity index (χ4v) is 1.82. The molecule has 0 saturated heterocycles. The Hall–Kier alpha value is -2.34. The van der Waals surface area contributed by atoms with Gasteiger partial charge in [0.05, 0.1) is 5.56 Å². The van der Waals surface area contributed by atoms with Gasteiger partial charge in [-0.15, -0.1) is 0 Å². The maximum absolute atomic E-state index is 11.7. The second-order valence-electron chi connectivity index (χ2n) is 4.36. The van der Waals surface area contributed by atoms with E-state index in [2.05, 4.69) is 10.5 Å². The van der Waals surface area contributed by atoms with E-state index in [1.54, 1.807) is 25.1 Å². The van der Waals surface area contributed by atoms with Crippen LogP contribution in [0.4, 0.5) is 5.82 Å². The first kappa shape index (κ1) is 15.1. The average molecular weight is 309 g/mol. The van der Waals surface area contributed by atoms with E-state index in [4.69, 9.17) is 20.9 Å². The molecule has 0 aliphatic heterocycles. The first-order valence-corrected chi connectivity index (χ1v) is 6.50. The summed E-state index contributed by atoms with van der Waals surface area (Å²) in [6.07, 6.45) is 0. The summed E-state index contributed by atoms with van der Waals surface area (Å²) in [4.78, 5) is 23.2. The van der Waals surface area contributed by atoms with Crippen molar-refractivity contribution in [2.75, 3.05) is 11.9 Å². The number of ketones is 1. The predicted molar refractivity (Wildman–Crippen MR) is 76.8 cm³/mol. The third-order valence-electron chi connectivity index (χ3n) is 2.58. The van der Waals surface area contributed by atoms with Crippen LogP contribution in [0.1, 0.15) is 23.0 Å². The zero-order valence-corrected chi connectivity index (χ0v) is 12.2. The van der Waals surface area contributed by atoms with Crippen LogP contribution in [0.15, 0.2) is 28.8 Å². The number of carbonyl (C=O) groups is 2. The molecule has 1 amide bonds. The second-order valence-corrected chi connectivity index (χ2v) is 4.79. The molecular formula is C14H13ClN2O4. The monoisotopic (exact) mass is 308 g/mol. The van der Waals surface area contributed by atoms with Gasteiger partial charge in [-0.25, -0.2) is 0 Å². The summed E-state index contributed by atoms with van der Waals surface area (Å²) < 4.78 is 10.2. The van der Waals surface area contributed by atoms with Gasteiger partial charge in [0.15, 0.2) is 18.2 Å². The van der Waals surface area contributed by atoms with Crippen LogP contribution in [0.3, 0.4) is 0 Å². The number of halogens is 1. The molecule has 0 fully saturated rings. The van der Waals surface area contributed by atoms with Crippen LogP contribution in [0, 0.1) is 6.92 Å². The van der Waals surface area contributed by atoms with Crippen LogP contribution >= 0.6 is 11.6 Å². The number of hydrogen-bond acceptors (Lipinski definition) is 5. The lowest BCUT2D eigenvalue weighted by molar-refractivity contribution is -0.118. The van der Waals surface area contributed by atoms with Crippen LogP contribution in [-0.2, 0) is 4.79 Å². The summed E-state index contributed by atoms with van der Waals surface area (Å²) >= 11 is 5.83. The molecule has 0 bridgehead atoms. The smallest absolute Gasteiger partial charge is 0.263 e. The molecular weight excluding hydrogens is 296 g/mol. The van der Waals surface area contributed by atoms with Crippen LogP contribution in [0.2, 0.25) is 5.02 Å². The average Bonchev–Trinajstić information content (AvgIpc) is 2.82. The van der Waals surface area contributed by atoms with Crippen molar-refractivity contribution in [3.8, 4) is 5.75 Å².